The van der Waals surface area contributed by atoms with Crippen LogP contribution in [0.15, 0.2) is 0 Å². The van der Waals surface area contributed by atoms with Crippen LogP contribution in [0, 0.1) is 0 Å². The summed E-state index contributed by atoms with van der Waals surface area (Å²) in [6, 6.07) is -1.18. The first kappa shape index (κ1) is 13.1. The van der Waals surface area contributed by atoms with Crippen molar-refractivity contribution in [1.82, 2.24) is 0 Å². The first-order chi connectivity index (χ1) is 6.85. The lowest BCUT2D eigenvalue weighted by Crippen LogP contribution is -2.35. The highest BCUT2D eigenvalue weighted by Crippen LogP contribution is 2.39. The molecule has 5 nitrogen and oxygen atoms in total. The number of halogens is 1. The number of hydrogen-bond donors (Lipinski definition) is 0. The molecule has 1 saturated heterocycles. The lowest BCUT2D eigenvalue weighted by Gasteiger charge is -2.26. The van der Waals surface area contributed by atoms with Crippen molar-refractivity contribution in [1.29, 1.82) is 0 Å². The van der Waals surface area contributed by atoms with Crippen molar-refractivity contribution in [3.8, 4) is 0 Å². The average Bonchev–Trinajstić information content (AvgIpc) is 2.32. The van der Waals surface area contributed by atoms with E-state index in [1.165, 1.54) is 7.11 Å². The maximum atomic E-state index is 13.4. The molecule has 0 aromatic heterocycles. The van der Waals surface area contributed by atoms with Crippen molar-refractivity contribution in [2.45, 2.75) is 24.4 Å². The zero-order valence-electron chi connectivity index (χ0n) is 8.46. The summed E-state index contributed by atoms with van der Waals surface area (Å²) >= 11 is 0. The van der Waals surface area contributed by atoms with Crippen LogP contribution < -0.4 is 4.89 Å². The van der Waals surface area contributed by atoms with E-state index in [1.807, 2.05) is 0 Å². The molecule has 8 heteroatoms. The molecule has 1 heterocycles. The Hall–Kier alpha value is 0.0649. The minimum atomic E-state index is -4.02. The van der Waals surface area contributed by atoms with Crippen LogP contribution >= 0.6 is 7.60 Å². The molecule has 1 aliphatic heterocycles. The molecule has 0 aliphatic carbocycles. The van der Waals surface area contributed by atoms with Crippen LogP contribution in [0.5, 0.6) is 0 Å². The second kappa shape index (κ2) is 4.93. The predicted octanol–water partition coefficient (Wildman–Crippen LogP) is -0.567. The van der Waals surface area contributed by atoms with Crippen LogP contribution in [0.1, 0.15) is 0 Å². The number of alkyl halides is 1. The normalized spacial score (nSPS) is 40.3. The number of hydrogen-bond acceptors (Lipinski definition) is 5. The Kier molecular flexibility index (Phi) is 4.32. The summed E-state index contributed by atoms with van der Waals surface area (Å²) in [5.41, 5.74) is 0. The topological polar surface area (TPSA) is 67.8 Å². The molecule has 15 heavy (non-hydrogen) atoms. The molecule has 1 aliphatic rings. The Morgan fingerprint density at radius 3 is 2.73 bits per heavy atom. The fraction of sp³-hybridized carbons (Fsp3) is 1.00. The first-order valence-corrected chi connectivity index (χ1v) is 6.35. The van der Waals surface area contributed by atoms with Gasteiger partial charge >= 0.3 is 0 Å². The van der Waals surface area contributed by atoms with E-state index in [0.29, 0.717) is 0 Å². The number of rotatable bonds is 4. The molecule has 0 aromatic carbocycles. The summed E-state index contributed by atoms with van der Waals surface area (Å²) in [5, 5.41) is 0. The second-order valence-electron chi connectivity index (χ2n) is 3.38. The highest BCUT2D eigenvalue weighted by molar-refractivity contribution is 7.50. The van der Waals surface area contributed by atoms with E-state index in [9.17, 15) is 13.8 Å². The zero-order valence-corrected chi connectivity index (χ0v) is 9.35. The highest BCUT2D eigenvalue weighted by Gasteiger charge is 2.44. The molecule has 86 valence electrons. The van der Waals surface area contributed by atoms with E-state index in [4.69, 9.17) is 17.3 Å². The van der Waals surface area contributed by atoms with E-state index in [-0.39, 0.29) is 6.61 Å². The van der Waals surface area contributed by atoms with E-state index >= 15 is 0 Å². The minimum absolute atomic E-state index is 0.0266. The zero-order chi connectivity index (χ0) is 11.6. The van der Waals surface area contributed by atoms with Gasteiger partial charge in [-0.15, -0.1) is 0 Å². The standard InChI is InChI=1S/C7H13BFO5P/c1-12-3-4-6(14-15(2,10)11)5(9)7(8)13-4/h4-7H,3H2,1-2H3,(H,10,11)/p-1/t4-,5?,6+,7-/m1/s1. The maximum absolute atomic E-state index is 13.4. The van der Waals surface area contributed by atoms with Crippen molar-refractivity contribution >= 4 is 15.4 Å². The molecule has 2 radical (unpaired) electrons. The third-order valence-corrected chi connectivity index (χ3v) is 2.60. The molecular weight excluding hydrogens is 225 g/mol. The Morgan fingerprint density at radius 1 is 1.67 bits per heavy atom. The van der Waals surface area contributed by atoms with Gasteiger partial charge in [-0.3, -0.25) is 0 Å². The van der Waals surface area contributed by atoms with Crippen molar-refractivity contribution in [2.75, 3.05) is 20.4 Å². The quantitative estimate of drug-likeness (QED) is 0.483. The average molecular weight is 237 g/mol. The Labute approximate surface area is 88.8 Å². The third-order valence-electron chi connectivity index (χ3n) is 1.97. The van der Waals surface area contributed by atoms with Crippen LogP contribution in [-0.2, 0) is 18.6 Å². The minimum Gasteiger partial charge on any atom is -0.779 e. The molecule has 1 rings (SSSR count). The molecule has 0 spiro atoms. The molecule has 0 N–H and O–H groups in total. The van der Waals surface area contributed by atoms with Gasteiger partial charge in [0.15, 0.2) is 0 Å². The predicted molar refractivity (Wildman–Crippen MR) is 49.6 cm³/mol. The summed E-state index contributed by atoms with van der Waals surface area (Å²) in [7, 11) is 2.65. The summed E-state index contributed by atoms with van der Waals surface area (Å²) < 4.78 is 38.6. The third kappa shape index (κ3) is 3.54. The van der Waals surface area contributed by atoms with Crippen molar-refractivity contribution in [3.63, 3.8) is 0 Å². The van der Waals surface area contributed by atoms with Crippen LogP contribution in [0.3, 0.4) is 0 Å². The van der Waals surface area contributed by atoms with Crippen LogP contribution in [0.2, 0.25) is 0 Å². The van der Waals surface area contributed by atoms with Gasteiger partial charge < -0.3 is 23.5 Å². The maximum Gasteiger partial charge on any atom is 0.147 e. The van der Waals surface area contributed by atoms with Gasteiger partial charge in [-0.05, 0) is 0 Å². The van der Waals surface area contributed by atoms with E-state index in [1.54, 1.807) is 0 Å². The van der Waals surface area contributed by atoms with Crippen molar-refractivity contribution < 1.29 is 27.8 Å². The van der Waals surface area contributed by atoms with E-state index in [0.717, 1.165) is 6.66 Å². The van der Waals surface area contributed by atoms with Gasteiger partial charge in [0.25, 0.3) is 0 Å². The first-order valence-electron chi connectivity index (χ1n) is 4.36. The molecule has 0 saturated carbocycles. The molecule has 0 bridgehead atoms. The Bertz CT molecular complexity index is 260. The summed E-state index contributed by atoms with van der Waals surface area (Å²) in [5.74, 6) is 0. The van der Waals surface area contributed by atoms with Gasteiger partial charge in [-0.2, -0.15) is 0 Å². The van der Waals surface area contributed by atoms with Gasteiger partial charge in [0.1, 0.15) is 33.8 Å². The summed E-state index contributed by atoms with van der Waals surface area (Å²) in [6.45, 7) is 0.895. The SMILES string of the molecule is [B][C@@H]1O[C@H](COC)[C@H](OP(C)(=O)[O-])C1F. The molecule has 5 atom stereocenters. The highest BCUT2D eigenvalue weighted by atomic mass is 31.2. The lowest BCUT2D eigenvalue weighted by molar-refractivity contribution is -0.203. The monoisotopic (exact) mass is 237 g/mol. The summed E-state index contributed by atoms with van der Waals surface area (Å²) in [6.07, 6.45) is -3.71. The second-order valence-corrected chi connectivity index (χ2v) is 5.13. The molecule has 0 aromatic rings. The van der Waals surface area contributed by atoms with Gasteiger partial charge in [-0.1, -0.05) is 0 Å². The van der Waals surface area contributed by atoms with Crippen LogP contribution in [-0.4, -0.2) is 52.6 Å². The fourth-order valence-corrected chi connectivity index (χ4v) is 2.09. The van der Waals surface area contributed by atoms with Gasteiger partial charge in [0, 0.05) is 13.8 Å². The van der Waals surface area contributed by atoms with Gasteiger partial charge in [0.05, 0.1) is 12.6 Å². The van der Waals surface area contributed by atoms with Crippen molar-refractivity contribution in [3.05, 3.63) is 0 Å². The van der Waals surface area contributed by atoms with Gasteiger partial charge in [0.2, 0.25) is 0 Å². The number of ether oxygens (including phenoxy) is 2. The lowest BCUT2D eigenvalue weighted by atomic mass is 9.94. The van der Waals surface area contributed by atoms with Crippen LogP contribution in [0.4, 0.5) is 4.39 Å². The summed E-state index contributed by atoms with van der Waals surface area (Å²) in [4.78, 5) is 10.9. The van der Waals surface area contributed by atoms with Crippen LogP contribution in [0.25, 0.3) is 0 Å². The van der Waals surface area contributed by atoms with Crippen molar-refractivity contribution in [2.24, 2.45) is 0 Å². The largest absolute Gasteiger partial charge is 0.779 e. The molecule has 2 unspecified atom stereocenters. The van der Waals surface area contributed by atoms with E-state index in [2.05, 4.69) is 4.52 Å². The van der Waals surface area contributed by atoms with Gasteiger partial charge in [-0.25, -0.2) is 4.39 Å². The molecule has 1 fully saturated rings. The fourth-order valence-electron chi connectivity index (χ4n) is 1.39. The smallest absolute Gasteiger partial charge is 0.147 e. The molecular formula is C7H12BFO5P-. The van der Waals surface area contributed by atoms with E-state index < -0.39 is 32.0 Å². The number of methoxy groups -OCH3 is 1. The Balaban J connectivity index is 2.68. The Morgan fingerprint density at radius 2 is 2.27 bits per heavy atom. The molecule has 0 amide bonds.